The average molecular weight is 501 g/mol. The molecule has 4 heterocycles. The fourth-order valence-electron chi connectivity index (χ4n) is 4.41. The highest BCUT2D eigenvalue weighted by molar-refractivity contribution is 7.21. The third kappa shape index (κ3) is 4.11. The van der Waals surface area contributed by atoms with Crippen LogP contribution in [0.25, 0.3) is 15.5 Å². The Morgan fingerprint density at radius 3 is 2.34 bits per heavy atom. The predicted molar refractivity (Wildman–Crippen MR) is 138 cm³/mol. The van der Waals surface area contributed by atoms with Crippen LogP contribution in [0.2, 0.25) is 0 Å². The van der Waals surface area contributed by atoms with Crippen molar-refractivity contribution in [3.8, 4) is 21.3 Å². The second-order valence-electron chi connectivity index (χ2n) is 8.51. The van der Waals surface area contributed by atoms with Crippen LogP contribution in [0.4, 0.5) is 0 Å². The summed E-state index contributed by atoms with van der Waals surface area (Å²) in [4.78, 5) is 22.3. The number of phenolic OH excluding ortho intramolecular Hbond substituents is 2. The molecule has 6 rings (SSSR count). The van der Waals surface area contributed by atoms with Crippen LogP contribution in [-0.4, -0.2) is 39.3 Å². The molecule has 1 fully saturated rings. The van der Waals surface area contributed by atoms with Crippen LogP contribution in [-0.2, 0) is 11.2 Å². The first-order valence-electron chi connectivity index (χ1n) is 11.2. The van der Waals surface area contributed by atoms with Crippen molar-refractivity contribution in [3.63, 3.8) is 0 Å². The molecule has 4 N–H and O–H groups in total. The number of amides is 1. The summed E-state index contributed by atoms with van der Waals surface area (Å²) in [5.74, 6) is 1.20. The standard InChI is InChI=1S/C27H21N3O3S2/c31-18-7-3-16(4-8-18)14-20-27(33)30-15-21(17-5-9-19(32)10-6-17)28-25(26(30)29-20)24-12-11-23(35-24)22-2-1-13-34-22/h1-13,20,29,31-32H,14-15H2/p+1. The number of fused-ring (bicyclic) bond motifs is 1. The van der Waals surface area contributed by atoms with Crippen molar-refractivity contribution < 1.29 is 20.0 Å². The summed E-state index contributed by atoms with van der Waals surface area (Å²) in [5, 5.41) is 24.9. The van der Waals surface area contributed by atoms with Crippen molar-refractivity contribution in [1.82, 2.24) is 10.2 Å². The minimum absolute atomic E-state index is 0.0124. The van der Waals surface area contributed by atoms with E-state index >= 15 is 0 Å². The third-order valence-corrected chi connectivity index (χ3v) is 8.35. The number of phenols is 2. The molecule has 1 saturated heterocycles. The van der Waals surface area contributed by atoms with Crippen LogP contribution in [0.3, 0.4) is 0 Å². The van der Waals surface area contributed by atoms with Gasteiger partial charge in [-0.25, -0.2) is 4.99 Å². The second-order valence-corrected chi connectivity index (χ2v) is 10.5. The molecule has 1 unspecified atom stereocenters. The molecule has 35 heavy (non-hydrogen) atoms. The molecule has 0 saturated carbocycles. The van der Waals surface area contributed by atoms with E-state index in [9.17, 15) is 15.0 Å². The van der Waals surface area contributed by atoms with Crippen molar-refractivity contribution in [3.05, 3.63) is 100 Å². The lowest BCUT2D eigenvalue weighted by Gasteiger charge is -2.20. The number of nitrogens with zero attached hydrogens (tertiary/aromatic N) is 1. The zero-order valence-corrected chi connectivity index (χ0v) is 20.2. The van der Waals surface area contributed by atoms with Gasteiger partial charge in [-0.3, -0.25) is 9.69 Å². The van der Waals surface area contributed by atoms with Gasteiger partial charge in [-0.1, -0.05) is 18.2 Å². The lowest BCUT2D eigenvalue weighted by Crippen LogP contribution is -2.75. The molecule has 2 aromatic carbocycles. The van der Waals surface area contributed by atoms with Gasteiger partial charge in [0.25, 0.3) is 11.6 Å². The Kier molecular flexibility index (Phi) is 5.39. The van der Waals surface area contributed by atoms with Gasteiger partial charge in [-0.05, 0) is 65.5 Å². The van der Waals surface area contributed by atoms with E-state index in [0.717, 1.165) is 33.2 Å². The fraction of sp³-hybridized carbons (Fsp3) is 0.111. The van der Waals surface area contributed by atoms with Crippen LogP contribution in [0.1, 0.15) is 16.0 Å². The predicted octanol–water partition coefficient (Wildman–Crippen LogP) is 3.14. The number of benzene rings is 2. The maximum absolute atomic E-state index is 13.5. The molecule has 0 aliphatic carbocycles. The van der Waals surface area contributed by atoms with Crippen LogP contribution >= 0.6 is 22.7 Å². The SMILES string of the molecule is O=C1C(Cc2ccc(O)cc2)NC2=C(c3ccc(-c4cccs4)s3)[NH+]=C(c3ccc(O)cc3)CN12. The fourth-order valence-corrected chi connectivity index (χ4v) is 6.25. The van der Waals surface area contributed by atoms with Crippen molar-refractivity contribution >= 4 is 40.0 Å². The minimum Gasteiger partial charge on any atom is -0.508 e. The molecule has 2 aromatic heterocycles. The molecule has 1 atom stereocenters. The van der Waals surface area contributed by atoms with Crippen molar-refractivity contribution in [2.75, 3.05) is 6.54 Å². The second kappa shape index (κ2) is 8.72. The lowest BCUT2D eigenvalue weighted by molar-refractivity contribution is -0.349. The minimum atomic E-state index is -0.401. The molecule has 0 spiro atoms. The summed E-state index contributed by atoms with van der Waals surface area (Å²) >= 11 is 3.39. The highest BCUT2D eigenvalue weighted by Crippen LogP contribution is 2.35. The zero-order chi connectivity index (χ0) is 23.9. The number of hydrogen-bond donors (Lipinski definition) is 4. The normalized spacial score (nSPS) is 17.4. The highest BCUT2D eigenvalue weighted by atomic mass is 32.1. The van der Waals surface area contributed by atoms with Gasteiger partial charge in [-0.2, -0.15) is 0 Å². The van der Waals surface area contributed by atoms with E-state index < -0.39 is 6.04 Å². The Hall–Kier alpha value is -3.88. The topological polar surface area (TPSA) is 86.8 Å². The first kappa shape index (κ1) is 21.6. The van der Waals surface area contributed by atoms with Crippen LogP contribution < -0.4 is 10.3 Å². The van der Waals surface area contributed by atoms with Gasteiger partial charge >= 0.3 is 0 Å². The van der Waals surface area contributed by atoms with Crippen LogP contribution in [0, 0.1) is 0 Å². The summed E-state index contributed by atoms with van der Waals surface area (Å²) in [6.45, 7) is 0.407. The van der Waals surface area contributed by atoms with E-state index in [4.69, 9.17) is 0 Å². The number of hydrogen-bond acceptors (Lipinski definition) is 6. The van der Waals surface area contributed by atoms with Gasteiger partial charge in [-0.15, -0.1) is 22.7 Å². The van der Waals surface area contributed by atoms with Crippen LogP contribution in [0.15, 0.2) is 84.0 Å². The van der Waals surface area contributed by atoms with E-state index in [1.54, 1.807) is 46.9 Å². The number of thiophene rings is 2. The zero-order valence-electron chi connectivity index (χ0n) is 18.6. The number of carbonyl (C=O) groups excluding carboxylic acids is 1. The Morgan fingerprint density at radius 1 is 0.914 bits per heavy atom. The molecule has 2 aliphatic rings. The molecular formula is C27H22N3O3S2+. The molecule has 1 amide bonds. The van der Waals surface area contributed by atoms with E-state index in [2.05, 4.69) is 33.9 Å². The van der Waals surface area contributed by atoms with Gasteiger partial charge in [0.05, 0.1) is 0 Å². The van der Waals surface area contributed by atoms with Gasteiger partial charge in [0.2, 0.25) is 5.71 Å². The highest BCUT2D eigenvalue weighted by Gasteiger charge is 2.43. The monoisotopic (exact) mass is 500 g/mol. The van der Waals surface area contributed by atoms with E-state index in [-0.39, 0.29) is 17.4 Å². The first-order valence-corrected chi connectivity index (χ1v) is 12.9. The van der Waals surface area contributed by atoms with Crippen molar-refractivity contribution in [2.45, 2.75) is 12.5 Å². The smallest absolute Gasteiger partial charge is 0.262 e. The number of nitrogens with one attached hydrogen (secondary N) is 2. The molecular weight excluding hydrogens is 478 g/mol. The van der Waals surface area contributed by atoms with E-state index in [1.165, 1.54) is 9.75 Å². The average Bonchev–Trinajstić information content (AvgIpc) is 3.62. The number of aromatic hydroxyl groups is 2. The molecule has 6 nitrogen and oxygen atoms in total. The van der Waals surface area contributed by atoms with Gasteiger partial charge in [0.15, 0.2) is 5.82 Å². The molecule has 174 valence electrons. The number of rotatable bonds is 5. The Morgan fingerprint density at radius 2 is 1.63 bits per heavy atom. The molecule has 4 aromatic rings. The molecule has 0 bridgehead atoms. The lowest BCUT2D eigenvalue weighted by atomic mass is 10.1. The Bertz CT molecular complexity index is 1450. The van der Waals surface area contributed by atoms with Crippen molar-refractivity contribution in [2.24, 2.45) is 0 Å². The largest absolute Gasteiger partial charge is 0.508 e. The maximum Gasteiger partial charge on any atom is 0.262 e. The van der Waals surface area contributed by atoms with Gasteiger partial charge < -0.3 is 15.5 Å². The number of carbonyl (C=O) groups is 1. The van der Waals surface area contributed by atoms with Gasteiger partial charge in [0.1, 0.15) is 29.0 Å². The Balaban J connectivity index is 1.39. The Labute approximate surface area is 210 Å². The summed E-state index contributed by atoms with van der Waals surface area (Å²) in [6.07, 6.45) is 0.520. The van der Waals surface area contributed by atoms with Crippen LogP contribution in [0.5, 0.6) is 11.5 Å². The van der Waals surface area contributed by atoms with Crippen molar-refractivity contribution in [1.29, 1.82) is 0 Å². The van der Waals surface area contributed by atoms with Gasteiger partial charge in [0, 0.05) is 21.7 Å². The molecule has 8 heteroatoms. The molecule has 2 aliphatic heterocycles. The quantitative estimate of drug-likeness (QED) is 0.339. The summed E-state index contributed by atoms with van der Waals surface area (Å²) in [7, 11) is 0. The summed E-state index contributed by atoms with van der Waals surface area (Å²) in [5.41, 5.74) is 3.66. The molecule has 0 radical (unpaired) electrons. The maximum atomic E-state index is 13.5. The van der Waals surface area contributed by atoms with E-state index in [1.807, 2.05) is 35.2 Å². The van der Waals surface area contributed by atoms with E-state index in [0.29, 0.717) is 13.0 Å². The first-order chi connectivity index (χ1) is 17.0. The third-order valence-electron chi connectivity index (χ3n) is 6.18. The summed E-state index contributed by atoms with van der Waals surface area (Å²) < 4.78 is 0. The summed E-state index contributed by atoms with van der Waals surface area (Å²) in [6, 6.07) is 21.9.